The maximum atomic E-state index is 11.0. The summed E-state index contributed by atoms with van der Waals surface area (Å²) in [5.41, 5.74) is 4.96. The Hall–Kier alpha value is -3.11. The molecule has 2 fully saturated rings. The molecule has 5 heterocycles. The molecule has 0 bridgehead atoms. The minimum absolute atomic E-state index is 0.581. The lowest BCUT2D eigenvalue weighted by atomic mass is 10.1. The van der Waals surface area contributed by atoms with Crippen LogP contribution in [-0.2, 0) is 0 Å². The molecule has 10 heteroatoms. The van der Waals surface area contributed by atoms with E-state index < -0.39 is 6.23 Å². The number of hydrogen-bond donors (Lipinski definition) is 3. The second-order valence-electron chi connectivity index (χ2n) is 9.04. The van der Waals surface area contributed by atoms with Gasteiger partial charge in [0.05, 0.1) is 17.6 Å². The first-order valence-corrected chi connectivity index (χ1v) is 13.0. The van der Waals surface area contributed by atoms with Crippen LogP contribution >= 0.6 is 11.3 Å². The van der Waals surface area contributed by atoms with E-state index in [0.29, 0.717) is 11.7 Å². The van der Waals surface area contributed by atoms with Crippen LogP contribution in [0.15, 0.2) is 34.3 Å². The Bertz CT molecular complexity index is 1240. The quantitative estimate of drug-likeness (QED) is 0.340. The summed E-state index contributed by atoms with van der Waals surface area (Å²) < 4.78 is 6.18. The van der Waals surface area contributed by atoms with E-state index in [2.05, 4.69) is 36.4 Å². The van der Waals surface area contributed by atoms with Gasteiger partial charge in [-0.3, -0.25) is 5.10 Å². The number of piperidine rings is 2. The number of fused-ring (bicyclic) bond motifs is 1. The fourth-order valence-electron chi connectivity index (χ4n) is 4.82. The third-order valence-electron chi connectivity index (χ3n) is 6.66. The van der Waals surface area contributed by atoms with Gasteiger partial charge in [0.2, 0.25) is 0 Å². The van der Waals surface area contributed by atoms with Gasteiger partial charge in [-0.1, -0.05) is 0 Å². The number of rotatable bonds is 6. The third-order valence-corrected chi connectivity index (χ3v) is 7.57. The van der Waals surface area contributed by atoms with Crippen molar-refractivity contribution in [2.45, 2.75) is 44.8 Å². The molecule has 4 aromatic rings. The van der Waals surface area contributed by atoms with E-state index in [1.807, 2.05) is 11.4 Å². The Kier molecular flexibility index (Phi) is 5.84. The van der Waals surface area contributed by atoms with Gasteiger partial charge in [-0.25, -0.2) is 4.98 Å². The number of H-pyrrole nitrogens is 1. The molecule has 34 heavy (non-hydrogen) atoms. The number of benzene rings is 1. The summed E-state index contributed by atoms with van der Waals surface area (Å²) >= 11 is 1.48. The summed E-state index contributed by atoms with van der Waals surface area (Å²) in [5, 5.41) is 23.8. The highest BCUT2D eigenvalue weighted by Crippen LogP contribution is 2.37. The number of aromatic amines is 1. The zero-order chi connectivity index (χ0) is 22.9. The Morgan fingerprint density at radius 1 is 1.00 bits per heavy atom. The van der Waals surface area contributed by atoms with Gasteiger partial charge in [0.1, 0.15) is 16.2 Å². The topological polar surface area (TPSA) is 106 Å². The molecule has 2 saturated heterocycles. The van der Waals surface area contributed by atoms with Crippen LogP contribution in [0.25, 0.3) is 21.7 Å². The summed E-state index contributed by atoms with van der Waals surface area (Å²) in [4.78, 5) is 14.0. The van der Waals surface area contributed by atoms with Gasteiger partial charge in [0.25, 0.3) is 6.01 Å². The number of nitrogens with one attached hydrogen (secondary N) is 2. The molecule has 3 N–H and O–H groups in total. The monoisotopic (exact) mass is 479 g/mol. The molecule has 0 amide bonds. The average molecular weight is 480 g/mol. The van der Waals surface area contributed by atoms with Crippen molar-refractivity contribution in [3.63, 3.8) is 0 Å². The van der Waals surface area contributed by atoms with Crippen molar-refractivity contribution in [1.29, 1.82) is 0 Å². The number of aromatic nitrogens is 4. The fourth-order valence-corrected chi connectivity index (χ4v) is 5.64. The highest BCUT2D eigenvalue weighted by Gasteiger charge is 2.23. The summed E-state index contributed by atoms with van der Waals surface area (Å²) in [6.45, 7) is 3.96. The van der Waals surface area contributed by atoms with Gasteiger partial charge in [-0.2, -0.15) is 10.1 Å². The van der Waals surface area contributed by atoms with Crippen molar-refractivity contribution < 1.29 is 9.52 Å². The molecule has 6 rings (SSSR count). The van der Waals surface area contributed by atoms with Crippen molar-refractivity contribution in [2.75, 3.05) is 41.3 Å². The van der Waals surface area contributed by atoms with Crippen LogP contribution in [0, 0.1) is 0 Å². The number of aliphatic hydroxyl groups is 1. The number of nitrogens with zero attached hydrogens (tertiary/aromatic N) is 5. The molecule has 1 atom stereocenters. The van der Waals surface area contributed by atoms with Gasteiger partial charge < -0.3 is 24.6 Å². The average Bonchev–Trinajstić information content (AvgIpc) is 3.65. The molecule has 2 aliphatic rings. The lowest BCUT2D eigenvalue weighted by molar-refractivity contribution is 0.204. The van der Waals surface area contributed by atoms with Crippen LogP contribution in [0.3, 0.4) is 0 Å². The zero-order valence-electron chi connectivity index (χ0n) is 19.0. The minimum atomic E-state index is -0.942. The van der Waals surface area contributed by atoms with Crippen molar-refractivity contribution >= 4 is 39.8 Å². The molecule has 3 aromatic heterocycles. The molecule has 178 valence electrons. The van der Waals surface area contributed by atoms with Crippen LogP contribution in [0.1, 0.15) is 50.4 Å². The summed E-state index contributed by atoms with van der Waals surface area (Å²) in [6.07, 6.45) is 9.78. The molecule has 0 radical (unpaired) electrons. The predicted molar refractivity (Wildman–Crippen MR) is 134 cm³/mol. The Morgan fingerprint density at radius 3 is 2.50 bits per heavy atom. The Labute approximate surface area is 201 Å². The van der Waals surface area contributed by atoms with E-state index >= 15 is 0 Å². The first-order chi connectivity index (χ1) is 16.7. The van der Waals surface area contributed by atoms with Crippen LogP contribution in [0.5, 0.6) is 0 Å². The molecular weight excluding hydrogens is 450 g/mol. The molecular formula is C24H29N7O2S. The van der Waals surface area contributed by atoms with Crippen molar-refractivity contribution in [2.24, 2.45) is 0 Å². The predicted octanol–water partition coefficient (Wildman–Crippen LogP) is 4.76. The standard InChI is InChI=1S/C24H29N7O2S/c32-22(19-15-34-23(28-19)16-13-25-26-14-16)27-17-12-21-18(11-20(17)30-7-3-1-4-8-30)29-24(33-21)31-9-5-2-6-10-31/h11-15,22,27,32H,1-10H2,(H,25,26). The number of oxazole rings is 1. The smallest absolute Gasteiger partial charge is 0.298 e. The second-order valence-corrected chi connectivity index (χ2v) is 9.90. The number of aliphatic hydroxyl groups excluding tert-OH is 1. The van der Waals surface area contributed by atoms with E-state index in [0.717, 1.165) is 72.1 Å². The van der Waals surface area contributed by atoms with E-state index in [1.165, 1.54) is 37.0 Å². The first-order valence-electron chi connectivity index (χ1n) is 12.1. The molecule has 2 aliphatic heterocycles. The molecule has 0 spiro atoms. The highest BCUT2D eigenvalue weighted by molar-refractivity contribution is 7.13. The van der Waals surface area contributed by atoms with Crippen LogP contribution < -0.4 is 15.1 Å². The normalized spacial score (nSPS) is 17.9. The second kappa shape index (κ2) is 9.27. The largest absolute Gasteiger partial charge is 0.423 e. The summed E-state index contributed by atoms with van der Waals surface area (Å²) in [6, 6.07) is 4.78. The molecule has 1 aromatic carbocycles. The third kappa shape index (κ3) is 4.23. The molecule has 9 nitrogen and oxygen atoms in total. The molecule has 0 aliphatic carbocycles. The Balaban J connectivity index is 1.32. The van der Waals surface area contributed by atoms with Crippen molar-refractivity contribution in [1.82, 2.24) is 20.2 Å². The van der Waals surface area contributed by atoms with Crippen LogP contribution in [0.4, 0.5) is 17.4 Å². The summed E-state index contributed by atoms with van der Waals surface area (Å²) in [7, 11) is 0. The molecule has 1 unspecified atom stereocenters. The van der Waals surface area contributed by atoms with E-state index in [9.17, 15) is 5.11 Å². The van der Waals surface area contributed by atoms with Crippen molar-refractivity contribution in [3.8, 4) is 10.6 Å². The number of anilines is 3. The van der Waals surface area contributed by atoms with E-state index in [1.54, 1.807) is 12.4 Å². The maximum absolute atomic E-state index is 11.0. The lowest BCUT2D eigenvalue weighted by Gasteiger charge is -2.31. The van der Waals surface area contributed by atoms with Crippen LogP contribution in [-0.4, -0.2) is 51.5 Å². The fraction of sp³-hybridized carbons (Fsp3) is 0.458. The van der Waals surface area contributed by atoms with E-state index in [4.69, 9.17) is 9.40 Å². The zero-order valence-corrected chi connectivity index (χ0v) is 19.9. The van der Waals surface area contributed by atoms with Gasteiger partial charge in [-0.15, -0.1) is 11.3 Å². The summed E-state index contributed by atoms with van der Waals surface area (Å²) in [5.74, 6) is 0. The van der Waals surface area contributed by atoms with Gasteiger partial charge in [-0.05, 0) is 44.6 Å². The highest BCUT2D eigenvalue weighted by atomic mass is 32.1. The molecule has 0 saturated carbocycles. The van der Waals surface area contributed by atoms with Crippen LogP contribution in [0.2, 0.25) is 0 Å². The van der Waals surface area contributed by atoms with Crippen molar-refractivity contribution in [3.05, 3.63) is 35.6 Å². The van der Waals surface area contributed by atoms with Gasteiger partial charge in [0, 0.05) is 49.4 Å². The number of thiazole rings is 1. The maximum Gasteiger partial charge on any atom is 0.298 e. The van der Waals surface area contributed by atoms with E-state index in [-0.39, 0.29) is 0 Å². The SMILES string of the molecule is OC(Nc1cc2oc(N3CCCCC3)nc2cc1N1CCCCC1)c1csc(-c2cn[nH]c2)n1. The van der Waals surface area contributed by atoms with Gasteiger partial charge in [0.15, 0.2) is 11.8 Å². The number of hydrogen-bond acceptors (Lipinski definition) is 9. The van der Waals surface area contributed by atoms with Gasteiger partial charge >= 0.3 is 0 Å². The first kappa shape index (κ1) is 21.4. The minimum Gasteiger partial charge on any atom is -0.423 e. The Morgan fingerprint density at radius 2 is 1.76 bits per heavy atom. The lowest BCUT2D eigenvalue weighted by Crippen LogP contribution is -2.30.